The van der Waals surface area contributed by atoms with Gasteiger partial charge in [0.15, 0.2) is 0 Å². The van der Waals surface area contributed by atoms with Gasteiger partial charge in [-0.3, -0.25) is 14.9 Å². The van der Waals surface area contributed by atoms with Crippen molar-refractivity contribution >= 4 is 11.6 Å². The highest BCUT2D eigenvalue weighted by molar-refractivity contribution is 5.94. The monoisotopic (exact) mass is 292 g/mol. The van der Waals surface area contributed by atoms with E-state index in [1.165, 1.54) is 12.3 Å². The van der Waals surface area contributed by atoms with E-state index in [1.54, 1.807) is 4.57 Å². The number of likely N-dealkylation sites (tertiary alicyclic amines) is 1. The lowest BCUT2D eigenvalue weighted by Gasteiger charge is -2.27. The Morgan fingerprint density at radius 1 is 1.52 bits per heavy atom. The summed E-state index contributed by atoms with van der Waals surface area (Å²) in [6.07, 6.45) is 2.44. The van der Waals surface area contributed by atoms with E-state index < -0.39 is 4.92 Å². The molecule has 2 aliphatic rings. The molecule has 0 radical (unpaired) electrons. The summed E-state index contributed by atoms with van der Waals surface area (Å²) < 4.78 is 1.67. The number of rotatable bonds is 3. The van der Waals surface area contributed by atoms with Crippen LogP contribution in [0.3, 0.4) is 0 Å². The van der Waals surface area contributed by atoms with Crippen molar-refractivity contribution in [2.45, 2.75) is 38.9 Å². The number of carbonyl (C=O) groups is 1. The first kappa shape index (κ1) is 14.1. The van der Waals surface area contributed by atoms with Gasteiger partial charge in [0.2, 0.25) is 0 Å². The molecule has 0 bridgehead atoms. The minimum Gasteiger partial charge on any atom is -0.337 e. The molecule has 1 aromatic heterocycles. The van der Waals surface area contributed by atoms with E-state index in [0.717, 1.165) is 19.5 Å². The molecule has 114 valence electrons. The quantitative estimate of drug-likeness (QED) is 0.671. The number of aryl methyl sites for hydroxylation is 1. The summed E-state index contributed by atoms with van der Waals surface area (Å²) in [5, 5.41) is 14.3. The van der Waals surface area contributed by atoms with Crippen LogP contribution in [0.4, 0.5) is 5.69 Å². The number of fused-ring (bicyclic) bond motifs is 1. The van der Waals surface area contributed by atoms with Gasteiger partial charge in [0.1, 0.15) is 5.69 Å². The maximum absolute atomic E-state index is 12.9. The summed E-state index contributed by atoms with van der Waals surface area (Å²) in [6.45, 7) is 6.25. The molecular formula is C14H20N4O3. The molecule has 2 aliphatic heterocycles. The molecule has 2 fully saturated rings. The van der Waals surface area contributed by atoms with Gasteiger partial charge < -0.3 is 14.8 Å². The fraction of sp³-hybridized carbons (Fsp3) is 0.643. The average Bonchev–Trinajstić information content (AvgIpc) is 3.10. The van der Waals surface area contributed by atoms with Crippen LogP contribution in [-0.4, -0.2) is 45.5 Å². The Morgan fingerprint density at radius 2 is 2.29 bits per heavy atom. The predicted molar refractivity (Wildman–Crippen MR) is 77.2 cm³/mol. The Balaban J connectivity index is 1.92. The topological polar surface area (TPSA) is 80.4 Å². The van der Waals surface area contributed by atoms with Crippen LogP contribution in [0.25, 0.3) is 0 Å². The highest BCUT2D eigenvalue weighted by Crippen LogP contribution is 2.34. The second kappa shape index (κ2) is 5.14. The lowest BCUT2D eigenvalue weighted by atomic mass is 10.0. The van der Waals surface area contributed by atoms with Crippen LogP contribution in [-0.2, 0) is 6.54 Å². The Kier molecular flexibility index (Phi) is 3.44. The third-order valence-electron chi connectivity index (χ3n) is 4.67. The SMILES string of the molecule is CCn1cc([N+](=O)[O-])cc1C(=O)N1C(C)CC2CNCC21. The third-order valence-corrected chi connectivity index (χ3v) is 4.67. The fourth-order valence-corrected chi connectivity index (χ4v) is 3.68. The number of hydrogen-bond acceptors (Lipinski definition) is 4. The zero-order valence-electron chi connectivity index (χ0n) is 12.3. The standard InChI is InChI=1S/C14H20N4O3/c1-3-16-8-11(18(20)21)5-12(16)14(19)17-9(2)4-10-6-15-7-13(10)17/h5,8-10,13,15H,3-4,6-7H2,1-2H3. The molecule has 0 aliphatic carbocycles. The van der Waals surface area contributed by atoms with Gasteiger partial charge in [0.05, 0.1) is 11.1 Å². The second-order valence-corrected chi connectivity index (χ2v) is 5.91. The van der Waals surface area contributed by atoms with E-state index in [-0.39, 0.29) is 23.7 Å². The summed E-state index contributed by atoms with van der Waals surface area (Å²) >= 11 is 0. The van der Waals surface area contributed by atoms with Crippen LogP contribution in [0.15, 0.2) is 12.3 Å². The Morgan fingerprint density at radius 3 is 2.95 bits per heavy atom. The van der Waals surface area contributed by atoms with Crippen molar-refractivity contribution in [2.24, 2.45) is 5.92 Å². The van der Waals surface area contributed by atoms with Crippen molar-refractivity contribution in [3.05, 3.63) is 28.1 Å². The maximum Gasteiger partial charge on any atom is 0.287 e. The number of nitrogens with one attached hydrogen (secondary N) is 1. The first-order chi connectivity index (χ1) is 10.0. The van der Waals surface area contributed by atoms with E-state index >= 15 is 0 Å². The van der Waals surface area contributed by atoms with Crippen LogP contribution >= 0.6 is 0 Å². The van der Waals surface area contributed by atoms with E-state index in [9.17, 15) is 14.9 Å². The normalized spacial score (nSPS) is 27.9. The van der Waals surface area contributed by atoms with Crippen LogP contribution in [0.5, 0.6) is 0 Å². The zero-order chi connectivity index (χ0) is 15.1. The molecule has 3 rings (SSSR count). The molecule has 7 nitrogen and oxygen atoms in total. The molecule has 21 heavy (non-hydrogen) atoms. The fourth-order valence-electron chi connectivity index (χ4n) is 3.68. The molecule has 2 saturated heterocycles. The van der Waals surface area contributed by atoms with Crippen LogP contribution in [0, 0.1) is 16.0 Å². The van der Waals surface area contributed by atoms with Gasteiger partial charge >= 0.3 is 0 Å². The maximum atomic E-state index is 12.9. The van der Waals surface area contributed by atoms with Gasteiger partial charge in [-0.1, -0.05) is 0 Å². The second-order valence-electron chi connectivity index (χ2n) is 5.91. The summed E-state index contributed by atoms with van der Waals surface area (Å²) in [4.78, 5) is 25.3. The minimum atomic E-state index is -0.448. The molecular weight excluding hydrogens is 272 g/mol. The van der Waals surface area contributed by atoms with E-state index in [4.69, 9.17) is 0 Å². The first-order valence-electron chi connectivity index (χ1n) is 7.40. The average molecular weight is 292 g/mol. The van der Waals surface area contributed by atoms with Crippen molar-refractivity contribution in [1.29, 1.82) is 0 Å². The van der Waals surface area contributed by atoms with Gasteiger partial charge in [0, 0.05) is 37.8 Å². The third kappa shape index (κ3) is 2.21. The zero-order valence-corrected chi connectivity index (χ0v) is 12.3. The summed E-state index contributed by atoms with van der Waals surface area (Å²) in [5.41, 5.74) is 0.400. The number of aromatic nitrogens is 1. The number of nitrogens with zero attached hydrogens (tertiary/aromatic N) is 3. The van der Waals surface area contributed by atoms with Crippen molar-refractivity contribution < 1.29 is 9.72 Å². The Labute approximate surface area is 123 Å². The van der Waals surface area contributed by atoms with Gasteiger partial charge in [-0.2, -0.15) is 0 Å². The number of carbonyl (C=O) groups excluding carboxylic acids is 1. The van der Waals surface area contributed by atoms with E-state index in [1.807, 2.05) is 11.8 Å². The van der Waals surface area contributed by atoms with Crippen molar-refractivity contribution in [3.8, 4) is 0 Å². The van der Waals surface area contributed by atoms with Gasteiger partial charge in [-0.15, -0.1) is 0 Å². The van der Waals surface area contributed by atoms with Crippen LogP contribution in [0.2, 0.25) is 0 Å². The summed E-state index contributed by atoms with van der Waals surface area (Å²) in [6, 6.07) is 1.80. The first-order valence-corrected chi connectivity index (χ1v) is 7.40. The molecule has 0 spiro atoms. The number of nitro groups is 1. The summed E-state index contributed by atoms with van der Waals surface area (Å²) in [7, 11) is 0. The Bertz CT molecular complexity index is 583. The molecule has 3 atom stereocenters. The predicted octanol–water partition coefficient (Wildman–Crippen LogP) is 1.24. The van der Waals surface area contributed by atoms with Gasteiger partial charge in [-0.25, -0.2) is 0 Å². The molecule has 1 amide bonds. The molecule has 3 unspecified atom stereocenters. The van der Waals surface area contributed by atoms with E-state index in [0.29, 0.717) is 18.2 Å². The molecule has 0 aromatic carbocycles. The molecule has 3 heterocycles. The van der Waals surface area contributed by atoms with E-state index in [2.05, 4.69) is 12.2 Å². The summed E-state index contributed by atoms with van der Waals surface area (Å²) in [5.74, 6) is 0.414. The molecule has 1 N–H and O–H groups in total. The lowest BCUT2D eigenvalue weighted by molar-refractivity contribution is -0.384. The molecule has 7 heteroatoms. The minimum absolute atomic E-state index is 0.0202. The van der Waals surface area contributed by atoms with Gasteiger partial charge in [-0.05, 0) is 26.2 Å². The van der Waals surface area contributed by atoms with Crippen LogP contribution in [0.1, 0.15) is 30.8 Å². The largest absolute Gasteiger partial charge is 0.337 e. The van der Waals surface area contributed by atoms with Crippen molar-refractivity contribution in [1.82, 2.24) is 14.8 Å². The number of hydrogen-bond donors (Lipinski definition) is 1. The Hall–Kier alpha value is -1.89. The van der Waals surface area contributed by atoms with Crippen LogP contribution < -0.4 is 5.32 Å². The number of amides is 1. The smallest absolute Gasteiger partial charge is 0.287 e. The highest BCUT2D eigenvalue weighted by Gasteiger charge is 2.45. The highest BCUT2D eigenvalue weighted by atomic mass is 16.6. The van der Waals surface area contributed by atoms with Crippen molar-refractivity contribution in [3.63, 3.8) is 0 Å². The molecule has 1 aromatic rings. The van der Waals surface area contributed by atoms with Crippen molar-refractivity contribution in [2.75, 3.05) is 13.1 Å². The van der Waals surface area contributed by atoms with Gasteiger partial charge in [0.25, 0.3) is 11.6 Å². The lowest BCUT2D eigenvalue weighted by Crippen LogP contribution is -2.43. The molecule has 0 saturated carbocycles.